The Labute approximate surface area is 219 Å². The van der Waals surface area contributed by atoms with E-state index < -0.39 is 26.9 Å². The average Bonchev–Trinajstić information content (AvgIpc) is 3.42. The molecular weight excluding hydrogens is 558 g/mol. The van der Waals surface area contributed by atoms with Crippen LogP contribution in [0.4, 0.5) is 13.2 Å². The Hall–Kier alpha value is -2.50. The number of benzene rings is 2. The molecule has 0 aliphatic heterocycles. The van der Waals surface area contributed by atoms with Gasteiger partial charge in [0.15, 0.2) is 0 Å². The van der Waals surface area contributed by atoms with Gasteiger partial charge in [0.05, 0.1) is 7.11 Å². The van der Waals surface area contributed by atoms with Crippen molar-refractivity contribution < 1.29 is 30.7 Å². The standard InChI is InChI=1S/C24H18Cl2F3NO4S2/c1-13-9-21(23(34-13)24(27,28)29)36(31,32)30-12-17-11-19(18-8-5-15(25)10-20(18)26)22(35-17)14-3-6-16(33-2)7-4-14/h3-11,30H,12H2,1-2H3. The van der Waals surface area contributed by atoms with Crippen LogP contribution in [0.1, 0.15) is 16.4 Å². The van der Waals surface area contributed by atoms with E-state index >= 15 is 0 Å². The lowest BCUT2D eigenvalue weighted by molar-refractivity contribution is -0.155. The second-order valence-corrected chi connectivity index (χ2v) is 11.4. The first-order valence-corrected chi connectivity index (χ1v) is 13.3. The number of rotatable bonds is 7. The first-order valence-electron chi connectivity index (χ1n) is 10.3. The van der Waals surface area contributed by atoms with Gasteiger partial charge in [-0.1, -0.05) is 29.3 Å². The lowest BCUT2D eigenvalue weighted by Crippen LogP contribution is -2.24. The molecule has 0 atom stereocenters. The van der Waals surface area contributed by atoms with Crippen LogP contribution in [0.2, 0.25) is 10.0 Å². The molecule has 0 saturated heterocycles. The Balaban J connectivity index is 1.72. The minimum absolute atomic E-state index is 0.166. The summed E-state index contributed by atoms with van der Waals surface area (Å²) in [7, 11) is -2.97. The topological polar surface area (TPSA) is 68.5 Å². The molecule has 2 aromatic heterocycles. The van der Waals surface area contributed by atoms with Crippen LogP contribution < -0.4 is 9.46 Å². The summed E-state index contributed by atoms with van der Waals surface area (Å²) in [5, 5.41) is 0.847. The molecule has 0 amide bonds. The maximum atomic E-state index is 13.3. The number of sulfonamides is 1. The van der Waals surface area contributed by atoms with Crippen molar-refractivity contribution in [2.75, 3.05) is 7.11 Å². The van der Waals surface area contributed by atoms with Crippen molar-refractivity contribution in [3.05, 3.63) is 81.0 Å². The number of alkyl halides is 3. The Kier molecular flexibility index (Phi) is 7.45. The molecule has 12 heteroatoms. The van der Waals surface area contributed by atoms with Gasteiger partial charge in [0.1, 0.15) is 16.4 Å². The average molecular weight is 576 g/mol. The van der Waals surface area contributed by atoms with Crippen LogP contribution in [0.15, 0.2) is 63.9 Å². The molecule has 0 saturated carbocycles. The van der Waals surface area contributed by atoms with Gasteiger partial charge in [-0.25, -0.2) is 13.1 Å². The van der Waals surface area contributed by atoms with Crippen LogP contribution in [0.25, 0.3) is 21.6 Å². The number of nitrogens with one attached hydrogen (secondary N) is 1. The van der Waals surface area contributed by atoms with Gasteiger partial charge in [-0.2, -0.15) is 13.2 Å². The van der Waals surface area contributed by atoms with E-state index in [2.05, 4.69) is 9.14 Å². The lowest BCUT2D eigenvalue weighted by atomic mass is 10.0. The number of aryl methyl sites for hydroxylation is 1. The molecule has 0 bridgehead atoms. The number of ether oxygens (including phenoxy) is 1. The highest BCUT2D eigenvalue weighted by Gasteiger charge is 2.42. The molecule has 190 valence electrons. The van der Waals surface area contributed by atoms with E-state index in [4.69, 9.17) is 27.9 Å². The van der Waals surface area contributed by atoms with Crippen LogP contribution in [0.5, 0.6) is 5.75 Å². The van der Waals surface area contributed by atoms with Crippen LogP contribution in [0.3, 0.4) is 0 Å². The van der Waals surface area contributed by atoms with Gasteiger partial charge in [-0.3, -0.25) is 0 Å². The van der Waals surface area contributed by atoms with Crippen molar-refractivity contribution in [3.8, 4) is 27.3 Å². The van der Waals surface area contributed by atoms with Crippen LogP contribution in [-0.4, -0.2) is 15.5 Å². The molecule has 0 fully saturated rings. The summed E-state index contributed by atoms with van der Waals surface area (Å²) in [6, 6.07) is 14.9. The van der Waals surface area contributed by atoms with E-state index in [9.17, 15) is 21.6 Å². The monoisotopic (exact) mass is 575 g/mol. The lowest BCUT2D eigenvalue weighted by Gasteiger charge is -2.08. The highest BCUT2D eigenvalue weighted by atomic mass is 35.5. The largest absolute Gasteiger partial charge is 0.497 e. The van der Waals surface area contributed by atoms with Gasteiger partial charge in [-0.05, 0) is 55.0 Å². The molecule has 4 aromatic rings. The summed E-state index contributed by atoms with van der Waals surface area (Å²) >= 11 is 13.8. The van der Waals surface area contributed by atoms with E-state index in [0.29, 0.717) is 26.2 Å². The maximum absolute atomic E-state index is 13.3. The number of halogens is 5. The third kappa shape index (κ3) is 5.57. The fourth-order valence-corrected chi connectivity index (χ4v) is 6.47. The van der Waals surface area contributed by atoms with Crippen molar-refractivity contribution in [2.24, 2.45) is 0 Å². The quantitative estimate of drug-likeness (QED) is 0.244. The van der Waals surface area contributed by atoms with Crippen molar-refractivity contribution >= 4 is 44.6 Å². The number of thiophene rings is 1. The van der Waals surface area contributed by atoms with Gasteiger partial charge < -0.3 is 9.15 Å². The molecular formula is C24H18Cl2F3NO4S2. The molecule has 1 N–H and O–H groups in total. The molecule has 0 aliphatic rings. The smallest absolute Gasteiger partial charge is 0.450 e. The number of hydrogen-bond donors (Lipinski definition) is 1. The van der Waals surface area contributed by atoms with Crippen LogP contribution >= 0.6 is 34.5 Å². The summed E-state index contributed by atoms with van der Waals surface area (Å²) in [6.45, 7) is 1.000. The predicted molar refractivity (Wildman–Crippen MR) is 134 cm³/mol. The van der Waals surface area contributed by atoms with E-state index in [-0.39, 0.29) is 12.3 Å². The van der Waals surface area contributed by atoms with Gasteiger partial charge in [0.25, 0.3) is 0 Å². The van der Waals surface area contributed by atoms with E-state index in [1.807, 2.05) is 12.1 Å². The second-order valence-electron chi connectivity index (χ2n) is 7.68. The SMILES string of the molecule is COc1ccc(-c2sc(CNS(=O)(=O)c3cc(C)oc3C(F)(F)F)cc2-c2ccc(Cl)cc2Cl)cc1. The van der Waals surface area contributed by atoms with Crippen molar-refractivity contribution in [1.29, 1.82) is 0 Å². The summed E-state index contributed by atoms with van der Waals surface area (Å²) in [4.78, 5) is 0.380. The van der Waals surface area contributed by atoms with Gasteiger partial charge in [0.2, 0.25) is 15.8 Å². The molecule has 36 heavy (non-hydrogen) atoms. The second kappa shape index (κ2) is 10.1. The normalized spacial score (nSPS) is 12.2. The fourth-order valence-electron chi connectivity index (χ4n) is 3.53. The summed E-state index contributed by atoms with van der Waals surface area (Å²) in [5.74, 6) is -1.07. The predicted octanol–water partition coefficient (Wildman–Crippen LogP) is 7.80. The Morgan fingerprint density at radius 3 is 2.33 bits per heavy atom. The summed E-state index contributed by atoms with van der Waals surface area (Å²) in [6.07, 6.45) is -4.96. The molecule has 0 spiro atoms. The zero-order valence-electron chi connectivity index (χ0n) is 18.7. The molecule has 0 radical (unpaired) electrons. The van der Waals surface area contributed by atoms with Gasteiger partial charge >= 0.3 is 6.18 Å². The minimum atomic E-state index is -4.96. The van der Waals surface area contributed by atoms with Crippen molar-refractivity contribution in [1.82, 2.24) is 4.72 Å². The Morgan fingerprint density at radius 2 is 1.72 bits per heavy atom. The number of furan rings is 1. The van der Waals surface area contributed by atoms with E-state index in [1.165, 1.54) is 18.3 Å². The highest BCUT2D eigenvalue weighted by Crippen LogP contribution is 2.43. The molecule has 4 rings (SSSR count). The van der Waals surface area contributed by atoms with Crippen LogP contribution in [0, 0.1) is 6.92 Å². The Bertz CT molecular complexity index is 1510. The number of hydrogen-bond acceptors (Lipinski definition) is 5. The molecule has 0 unspecified atom stereocenters. The van der Waals surface area contributed by atoms with Crippen molar-refractivity contribution in [2.45, 2.75) is 24.5 Å². The third-order valence-electron chi connectivity index (χ3n) is 5.16. The first kappa shape index (κ1) is 26.6. The molecule has 2 heterocycles. The summed E-state index contributed by atoms with van der Waals surface area (Å²) < 4.78 is 77.5. The maximum Gasteiger partial charge on any atom is 0.450 e. The van der Waals surface area contributed by atoms with Gasteiger partial charge in [0, 0.05) is 43.5 Å². The highest BCUT2D eigenvalue weighted by molar-refractivity contribution is 7.89. The van der Waals surface area contributed by atoms with E-state index in [0.717, 1.165) is 22.1 Å². The molecule has 5 nitrogen and oxygen atoms in total. The van der Waals surface area contributed by atoms with Gasteiger partial charge in [-0.15, -0.1) is 11.3 Å². The summed E-state index contributed by atoms with van der Waals surface area (Å²) in [5.41, 5.74) is 2.21. The molecule has 2 aromatic carbocycles. The number of methoxy groups -OCH3 is 1. The molecule has 0 aliphatic carbocycles. The first-order chi connectivity index (χ1) is 16.9. The van der Waals surface area contributed by atoms with Crippen LogP contribution in [-0.2, 0) is 22.7 Å². The fraction of sp³-hybridized carbons (Fsp3) is 0.167. The zero-order chi connectivity index (χ0) is 26.3. The third-order valence-corrected chi connectivity index (χ3v) is 8.30. The van der Waals surface area contributed by atoms with Crippen molar-refractivity contribution in [3.63, 3.8) is 0 Å². The zero-order valence-corrected chi connectivity index (χ0v) is 21.9. The van der Waals surface area contributed by atoms with E-state index in [1.54, 1.807) is 43.5 Å². The minimum Gasteiger partial charge on any atom is -0.497 e. The Morgan fingerprint density at radius 1 is 1.03 bits per heavy atom.